The lowest BCUT2D eigenvalue weighted by molar-refractivity contribution is 0.645. The number of aromatic nitrogens is 1. The largest absolute Gasteiger partial charge is 0.381 e. The number of nitrogens with zero attached hydrogens (tertiary/aromatic N) is 2. The van der Waals surface area contributed by atoms with Crippen LogP contribution in [-0.4, -0.2) is 24.1 Å². The van der Waals surface area contributed by atoms with Crippen molar-refractivity contribution in [1.29, 1.82) is 0 Å². The van der Waals surface area contributed by atoms with Gasteiger partial charge in [-0.15, -0.1) is 0 Å². The van der Waals surface area contributed by atoms with Gasteiger partial charge in [0.25, 0.3) is 0 Å². The van der Waals surface area contributed by atoms with E-state index in [0.29, 0.717) is 6.04 Å². The molecule has 0 amide bonds. The maximum Gasteiger partial charge on any atom is 0.158 e. The Morgan fingerprint density at radius 1 is 1.15 bits per heavy atom. The van der Waals surface area contributed by atoms with E-state index in [1.807, 2.05) is 0 Å². The Bertz CT molecular complexity index is 789. The van der Waals surface area contributed by atoms with Crippen LogP contribution in [0.1, 0.15) is 55.5 Å². The molecule has 0 radical (unpaired) electrons. The molecule has 4 heteroatoms. The van der Waals surface area contributed by atoms with Gasteiger partial charge in [0.1, 0.15) is 5.69 Å². The highest BCUT2D eigenvalue weighted by Gasteiger charge is 2.25. The minimum absolute atomic E-state index is 0.455. The predicted molar refractivity (Wildman–Crippen MR) is 118 cm³/mol. The van der Waals surface area contributed by atoms with Gasteiger partial charge in [0.05, 0.1) is 5.69 Å². The van der Waals surface area contributed by atoms with Gasteiger partial charge in [0.2, 0.25) is 0 Å². The van der Waals surface area contributed by atoms with Crippen molar-refractivity contribution in [3.05, 3.63) is 40.6 Å². The molecule has 0 aliphatic carbocycles. The van der Waals surface area contributed by atoms with Gasteiger partial charge < -0.3 is 15.5 Å². The molecule has 2 heterocycles. The Morgan fingerprint density at radius 2 is 1.85 bits per heavy atom. The maximum atomic E-state index is 4.93. The van der Waals surface area contributed by atoms with Crippen LogP contribution < -0.4 is 15.5 Å². The molecule has 0 saturated heterocycles. The molecule has 0 bridgehead atoms. The maximum absolute atomic E-state index is 4.93. The number of aryl methyl sites for hydroxylation is 4. The molecule has 1 aromatic heterocycles. The zero-order chi connectivity index (χ0) is 19.6. The van der Waals surface area contributed by atoms with E-state index < -0.39 is 0 Å². The van der Waals surface area contributed by atoms with Crippen LogP contribution in [0.3, 0.4) is 0 Å². The Kier molecular flexibility index (Phi) is 5.93. The highest BCUT2D eigenvalue weighted by Crippen LogP contribution is 2.41. The minimum Gasteiger partial charge on any atom is -0.381 e. The zero-order valence-electron chi connectivity index (χ0n) is 17.7. The van der Waals surface area contributed by atoms with Gasteiger partial charge in [-0.05, 0) is 58.2 Å². The first kappa shape index (κ1) is 19.5. The fourth-order valence-electron chi connectivity index (χ4n) is 4.20. The molecule has 0 spiro atoms. The molecular weight excluding hydrogens is 332 g/mol. The van der Waals surface area contributed by atoms with Crippen molar-refractivity contribution in [2.24, 2.45) is 0 Å². The van der Waals surface area contributed by atoms with Crippen molar-refractivity contribution in [2.45, 2.75) is 66.8 Å². The molecular formula is C23H34N4. The third-order valence-corrected chi connectivity index (χ3v) is 5.32. The van der Waals surface area contributed by atoms with Gasteiger partial charge in [-0.3, -0.25) is 0 Å². The summed E-state index contributed by atoms with van der Waals surface area (Å²) in [5.74, 6) is 1.04. The fourth-order valence-corrected chi connectivity index (χ4v) is 4.20. The Hall–Kier alpha value is -2.23. The SMILES string of the molecule is CCCCC(C)Nc1cc(C)nc2c1NCCN2c1c(C)cc(C)cc1C. The quantitative estimate of drug-likeness (QED) is 0.671. The van der Waals surface area contributed by atoms with Gasteiger partial charge in [0, 0.05) is 30.5 Å². The lowest BCUT2D eigenvalue weighted by atomic mass is 10.0. The fraction of sp³-hybridized carbons (Fsp3) is 0.522. The summed E-state index contributed by atoms with van der Waals surface area (Å²) in [6.07, 6.45) is 3.67. The number of rotatable bonds is 6. The number of anilines is 4. The van der Waals surface area contributed by atoms with Gasteiger partial charge in [-0.1, -0.05) is 37.5 Å². The number of pyridine rings is 1. The zero-order valence-corrected chi connectivity index (χ0v) is 17.7. The number of benzene rings is 1. The van der Waals surface area contributed by atoms with Crippen LogP contribution in [0.15, 0.2) is 18.2 Å². The number of fused-ring (bicyclic) bond motifs is 1. The number of nitrogens with one attached hydrogen (secondary N) is 2. The van der Waals surface area contributed by atoms with E-state index in [4.69, 9.17) is 4.98 Å². The average molecular weight is 367 g/mol. The van der Waals surface area contributed by atoms with Crippen molar-refractivity contribution in [3.8, 4) is 0 Å². The standard InChI is InChI=1S/C23H34N4/c1-7-8-9-18(5)25-20-14-19(6)26-23-21(20)24-10-11-27(23)22-16(3)12-15(2)13-17(22)4/h12-14,18,24H,7-11H2,1-6H3,(H,25,26). The van der Waals surface area contributed by atoms with Crippen LogP contribution >= 0.6 is 0 Å². The monoisotopic (exact) mass is 366 g/mol. The van der Waals surface area contributed by atoms with Gasteiger partial charge in [-0.2, -0.15) is 0 Å². The van der Waals surface area contributed by atoms with E-state index in [-0.39, 0.29) is 0 Å². The summed E-state index contributed by atoms with van der Waals surface area (Å²) >= 11 is 0. The van der Waals surface area contributed by atoms with Crippen LogP contribution in [0.5, 0.6) is 0 Å². The normalized spacial score (nSPS) is 14.5. The summed E-state index contributed by atoms with van der Waals surface area (Å²) in [6, 6.07) is 7.17. The van der Waals surface area contributed by atoms with Gasteiger partial charge in [-0.25, -0.2) is 4.98 Å². The Labute approximate surface area is 164 Å². The smallest absolute Gasteiger partial charge is 0.158 e. The minimum atomic E-state index is 0.455. The molecule has 146 valence electrons. The van der Waals surface area contributed by atoms with E-state index in [2.05, 4.69) is 75.3 Å². The van der Waals surface area contributed by atoms with E-state index in [1.54, 1.807) is 0 Å². The molecule has 3 rings (SSSR count). The van der Waals surface area contributed by atoms with Crippen molar-refractivity contribution in [1.82, 2.24) is 4.98 Å². The predicted octanol–water partition coefficient (Wildman–Crippen LogP) is 5.87. The van der Waals surface area contributed by atoms with E-state index >= 15 is 0 Å². The summed E-state index contributed by atoms with van der Waals surface area (Å²) in [6.45, 7) is 15.0. The van der Waals surface area contributed by atoms with Crippen LogP contribution in [-0.2, 0) is 0 Å². The Morgan fingerprint density at radius 3 is 2.52 bits per heavy atom. The van der Waals surface area contributed by atoms with Crippen LogP contribution in [0.4, 0.5) is 22.9 Å². The molecule has 0 saturated carbocycles. The second kappa shape index (κ2) is 8.20. The third kappa shape index (κ3) is 4.20. The van der Waals surface area contributed by atoms with Gasteiger partial charge in [0.15, 0.2) is 5.82 Å². The van der Waals surface area contributed by atoms with Crippen LogP contribution in [0.2, 0.25) is 0 Å². The van der Waals surface area contributed by atoms with Crippen molar-refractivity contribution >= 4 is 22.9 Å². The van der Waals surface area contributed by atoms with Crippen molar-refractivity contribution in [3.63, 3.8) is 0 Å². The molecule has 4 nitrogen and oxygen atoms in total. The van der Waals surface area contributed by atoms with Gasteiger partial charge >= 0.3 is 0 Å². The summed E-state index contributed by atoms with van der Waals surface area (Å²) in [5, 5.41) is 7.33. The van der Waals surface area contributed by atoms with E-state index in [1.165, 1.54) is 47.3 Å². The molecule has 1 atom stereocenters. The number of unbranched alkanes of at least 4 members (excludes halogenated alkanes) is 1. The summed E-state index contributed by atoms with van der Waals surface area (Å²) in [7, 11) is 0. The number of hydrogen-bond acceptors (Lipinski definition) is 4. The first-order valence-corrected chi connectivity index (χ1v) is 10.3. The summed E-state index contributed by atoms with van der Waals surface area (Å²) in [4.78, 5) is 7.32. The summed E-state index contributed by atoms with van der Waals surface area (Å²) < 4.78 is 0. The molecule has 1 aromatic carbocycles. The first-order chi connectivity index (χ1) is 12.9. The van der Waals surface area contributed by atoms with Crippen molar-refractivity contribution in [2.75, 3.05) is 28.6 Å². The molecule has 0 fully saturated rings. The number of hydrogen-bond donors (Lipinski definition) is 2. The lowest BCUT2D eigenvalue weighted by Gasteiger charge is -2.35. The molecule has 1 aliphatic heterocycles. The molecule has 27 heavy (non-hydrogen) atoms. The Balaban J connectivity index is 2.01. The molecule has 1 aliphatic rings. The first-order valence-electron chi connectivity index (χ1n) is 10.3. The van der Waals surface area contributed by atoms with Crippen LogP contribution in [0, 0.1) is 27.7 Å². The molecule has 2 aromatic rings. The third-order valence-electron chi connectivity index (χ3n) is 5.32. The van der Waals surface area contributed by atoms with Crippen LogP contribution in [0.25, 0.3) is 0 Å². The van der Waals surface area contributed by atoms with E-state index in [9.17, 15) is 0 Å². The van der Waals surface area contributed by atoms with Crippen molar-refractivity contribution < 1.29 is 0 Å². The molecule has 2 N–H and O–H groups in total. The molecule has 1 unspecified atom stereocenters. The topological polar surface area (TPSA) is 40.2 Å². The highest BCUT2D eigenvalue weighted by atomic mass is 15.3. The second-order valence-corrected chi connectivity index (χ2v) is 8.02. The lowest BCUT2D eigenvalue weighted by Crippen LogP contribution is -2.33. The second-order valence-electron chi connectivity index (χ2n) is 8.02. The highest BCUT2D eigenvalue weighted by molar-refractivity contribution is 5.87. The summed E-state index contributed by atoms with van der Waals surface area (Å²) in [5.41, 5.74) is 8.60. The van der Waals surface area contributed by atoms with E-state index in [0.717, 1.165) is 30.3 Å². The average Bonchev–Trinajstić information content (AvgIpc) is 2.59.